The van der Waals surface area contributed by atoms with Crippen LogP contribution in [0.3, 0.4) is 0 Å². The van der Waals surface area contributed by atoms with Gasteiger partial charge in [-0.05, 0) is 44.9 Å². The molecule has 1 fully saturated rings. The van der Waals surface area contributed by atoms with E-state index >= 15 is 0 Å². The zero-order valence-electron chi connectivity index (χ0n) is 13.7. The third-order valence-electron chi connectivity index (χ3n) is 4.15. The van der Waals surface area contributed by atoms with Crippen LogP contribution in [0.2, 0.25) is 0 Å². The monoisotopic (exact) mass is 326 g/mol. The highest BCUT2D eigenvalue weighted by molar-refractivity contribution is 5.85. The highest BCUT2D eigenvalue weighted by Crippen LogP contribution is 2.14. The lowest BCUT2D eigenvalue weighted by atomic mass is 10.1. The normalized spacial score (nSPS) is 21.1. The van der Waals surface area contributed by atoms with Crippen LogP contribution in [0.1, 0.15) is 32.3 Å². The number of nitrogens with zero attached hydrogens (tertiary/aromatic N) is 1. The van der Waals surface area contributed by atoms with Crippen molar-refractivity contribution in [3.05, 3.63) is 29.8 Å². The summed E-state index contributed by atoms with van der Waals surface area (Å²) in [5.74, 6) is 1.12. The number of benzene rings is 1. The molecule has 4 nitrogen and oxygen atoms in total. The Labute approximate surface area is 139 Å². The summed E-state index contributed by atoms with van der Waals surface area (Å²) in [4.78, 5) is 14.3. The van der Waals surface area contributed by atoms with Crippen molar-refractivity contribution in [2.75, 3.05) is 19.7 Å². The predicted molar refractivity (Wildman–Crippen MR) is 91.8 cm³/mol. The molecule has 1 aromatic carbocycles. The molecule has 1 aromatic rings. The molecule has 1 heterocycles. The molecule has 1 saturated heterocycles. The van der Waals surface area contributed by atoms with Crippen molar-refractivity contribution < 1.29 is 9.53 Å². The van der Waals surface area contributed by atoms with Crippen LogP contribution in [0.15, 0.2) is 24.3 Å². The number of ether oxygens (including phenoxy) is 1. The Morgan fingerprint density at radius 1 is 1.41 bits per heavy atom. The van der Waals surface area contributed by atoms with Gasteiger partial charge in [-0.1, -0.05) is 12.1 Å². The molecule has 5 heteroatoms. The quantitative estimate of drug-likeness (QED) is 0.846. The molecule has 1 aliphatic rings. The van der Waals surface area contributed by atoms with E-state index in [2.05, 4.69) is 19.2 Å². The maximum absolute atomic E-state index is 12.3. The highest BCUT2D eigenvalue weighted by Gasteiger charge is 2.27. The van der Waals surface area contributed by atoms with Gasteiger partial charge in [-0.25, -0.2) is 0 Å². The fourth-order valence-electron chi connectivity index (χ4n) is 2.67. The van der Waals surface area contributed by atoms with Crippen molar-refractivity contribution in [2.24, 2.45) is 0 Å². The maximum atomic E-state index is 12.3. The lowest BCUT2D eigenvalue weighted by molar-refractivity contribution is -0.135. The molecule has 1 amide bonds. The molecule has 0 aromatic heterocycles. The summed E-state index contributed by atoms with van der Waals surface area (Å²) in [5, 5.41) is 3.39. The zero-order chi connectivity index (χ0) is 15.2. The van der Waals surface area contributed by atoms with Crippen LogP contribution in [0, 0.1) is 6.92 Å². The van der Waals surface area contributed by atoms with Crippen molar-refractivity contribution >= 4 is 18.3 Å². The van der Waals surface area contributed by atoms with Crippen LogP contribution in [0.4, 0.5) is 0 Å². The molecule has 1 aliphatic heterocycles. The first-order chi connectivity index (χ1) is 10.1. The second-order valence-corrected chi connectivity index (χ2v) is 5.84. The molecule has 2 rings (SSSR count). The number of rotatable bonds is 5. The molecular weight excluding hydrogens is 300 g/mol. The Kier molecular flexibility index (Phi) is 7.69. The summed E-state index contributed by atoms with van der Waals surface area (Å²) in [6, 6.07) is 8.63. The minimum absolute atomic E-state index is 0. The van der Waals surface area contributed by atoms with Gasteiger partial charge >= 0.3 is 0 Å². The van der Waals surface area contributed by atoms with Gasteiger partial charge in [-0.15, -0.1) is 12.4 Å². The van der Waals surface area contributed by atoms with E-state index in [9.17, 15) is 4.79 Å². The van der Waals surface area contributed by atoms with E-state index in [0.29, 0.717) is 19.1 Å². The number of carbonyl (C=O) groups is 1. The Bertz CT molecular complexity index is 481. The zero-order valence-corrected chi connectivity index (χ0v) is 14.5. The number of hydrogen-bond donors (Lipinski definition) is 1. The lowest BCUT2D eigenvalue weighted by Crippen LogP contribution is -2.57. The van der Waals surface area contributed by atoms with Gasteiger partial charge in [0.1, 0.15) is 5.75 Å². The number of nitrogens with one attached hydrogen (secondary N) is 1. The molecule has 22 heavy (non-hydrogen) atoms. The smallest absolute Gasteiger partial charge is 0.223 e. The molecule has 0 aliphatic carbocycles. The Balaban J connectivity index is 0.00000242. The van der Waals surface area contributed by atoms with Gasteiger partial charge in [0, 0.05) is 31.6 Å². The molecule has 0 radical (unpaired) electrons. The van der Waals surface area contributed by atoms with Crippen molar-refractivity contribution in [3.8, 4) is 5.75 Å². The summed E-state index contributed by atoms with van der Waals surface area (Å²) >= 11 is 0. The first-order valence-electron chi connectivity index (χ1n) is 7.80. The van der Waals surface area contributed by atoms with Crippen molar-refractivity contribution in [1.29, 1.82) is 0 Å². The minimum Gasteiger partial charge on any atom is -0.494 e. The number of carbonyl (C=O) groups excluding carboxylic acids is 1. The Morgan fingerprint density at radius 2 is 2.18 bits per heavy atom. The SMILES string of the molecule is Cc1cccc(OCCCC(=O)N2CCNC(C)C2C)c1.Cl. The summed E-state index contributed by atoms with van der Waals surface area (Å²) in [7, 11) is 0. The van der Waals surface area contributed by atoms with Gasteiger partial charge < -0.3 is 15.0 Å². The minimum atomic E-state index is 0. The maximum Gasteiger partial charge on any atom is 0.223 e. The van der Waals surface area contributed by atoms with E-state index in [1.54, 1.807) is 0 Å². The number of halogens is 1. The average molecular weight is 327 g/mol. The summed E-state index contributed by atoms with van der Waals surface area (Å²) < 4.78 is 5.69. The first kappa shape index (κ1) is 18.8. The van der Waals surface area contributed by atoms with E-state index in [0.717, 1.165) is 25.3 Å². The van der Waals surface area contributed by atoms with Crippen molar-refractivity contribution in [3.63, 3.8) is 0 Å². The number of piperazine rings is 1. The predicted octanol–water partition coefficient (Wildman–Crippen LogP) is 2.78. The standard InChI is InChI=1S/C17H26N2O2.ClH/c1-13-6-4-7-16(12-13)21-11-5-8-17(20)19-10-9-18-14(2)15(19)3;/h4,6-7,12,14-15,18H,5,8-11H2,1-3H3;1H. The largest absolute Gasteiger partial charge is 0.494 e. The van der Waals surface area contributed by atoms with Gasteiger partial charge in [-0.2, -0.15) is 0 Å². The number of hydrogen-bond acceptors (Lipinski definition) is 3. The average Bonchev–Trinajstić information content (AvgIpc) is 2.46. The van der Waals surface area contributed by atoms with E-state index in [-0.39, 0.29) is 24.4 Å². The second kappa shape index (κ2) is 9.01. The molecule has 124 valence electrons. The van der Waals surface area contributed by atoms with E-state index in [1.165, 1.54) is 5.56 Å². The van der Waals surface area contributed by atoms with Gasteiger partial charge in [0.2, 0.25) is 5.91 Å². The second-order valence-electron chi connectivity index (χ2n) is 5.84. The summed E-state index contributed by atoms with van der Waals surface area (Å²) in [5.41, 5.74) is 1.19. The third kappa shape index (κ3) is 5.18. The molecule has 1 N–H and O–H groups in total. The highest BCUT2D eigenvalue weighted by atomic mass is 35.5. The molecule has 2 atom stereocenters. The number of amides is 1. The van der Waals surface area contributed by atoms with Gasteiger partial charge in [0.15, 0.2) is 0 Å². The van der Waals surface area contributed by atoms with Crippen LogP contribution >= 0.6 is 12.4 Å². The number of aryl methyl sites for hydroxylation is 1. The molecule has 2 unspecified atom stereocenters. The Morgan fingerprint density at radius 3 is 2.91 bits per heavy atom. The molecule has 0 spiro atoms. The first-order valence-corrected chi connectivity index (χ1v) is 7.80. The van der Waals surface area contributed by atoms with Crippen molar-refractivity contribution in [1.82, 2.24) is 10.2 Å². The summed E-state index contributed by atoms with van der Waals surface area (Å²) in [6.07, 6.45) is 1.32. The van der Waals surface area contributed by atoms with E-state index in [4.69, 9.17) is 4.74 Å². The molecular formula is C17H27ClN2O2. The van der Waals surface area contributed by atoms with Crippen LogP contribution in [-0.4, -0.2) is 42.6 Å². The van der Waals surface area contributed by atoms with Crippen LogP contribution in [0.25, 0.3) is 0 Å². The van der Waals surface area contributed by atoms with E-state index in [1.807, 2.05) is 36.1 Å². The summed E-state index contributed by atoms with van der Waals surface area (Å²) in [6.45, 7) is 8.57. The fourth-order valence-corrected chi connectivity index (χ4v) is 2.67. The molecule has 0 saturated carbocycles. The molecule has 0 bridgehead atoms. The van der Waals surface area contributed by atoms with E-state index < -0.39 is 0 Å². The lowest BCUT2D eigenvalue weighted by Gasteiger charge is -2.38. The Hall–Kier alpha value is -1.26. The van der Waals surface area contributed by atoms with Crippen LogP contribution in [-0.2, 0) is 4.79 Å². The van der Waals surface area contributed by atoms with Crippen molar-refractivity contribution in [2.45, 2.75) is 45.7 Å². The fraction of sp³-hybridized carbons (Fsp3) is 0.588. The topological polar surface area (TPSA) is 41.6 Å². The van der Waals surface area contributed by atoms with Gasteiger partial charge in [0.25, 0.3) is 0 Å². The van der Waals surface area contributed by atoms with Crippen LogP contribution in [0.5, 0.6) is 5.75 Å². The van der Waals surface area contributed by atoms with Crippen LogP contribution < -0.4 is 10.1 Å². The third-order valence-corrected chi connectivity index (χ3v) is 4.15. The van der Waals surface area contributed by atoms with Gasteiger partial charge in [-0.3, -0.25) is 4.79 Å². The van der Waals surface area contributed by atoms with Gasteiger partial charge in [0.05, 0.1) is 6.61 Å².